The number of ether oxygens (including phenoxy) is 4. The molecule has 0 bridgehead atoms. The van der Waals surface area contributed by atoms with Crippen LogP contribution in [0.15, 0.2) is 83.8 Å². The van der Waals surface area contributed by atoms with Crippen molar-refractivity contribution in [1.82, 2.24) is 0 Å². The van der Waals surface area contributed by atoms with E-state index in [1.165, 1.54) is 33.5 Å². The summed E-state index contributed by atoms with van der Waals surface area (Å²) < 4.78 is 50.4. The molecule has 1 heterocycles. The quantitative estimate of drug-likeness (QED) is 0.228. The Kier molecular flexibility index (Phi) is 11.3. The van der Waals surface area contributed by atoms with Crippen LogP contribution in [-0.4, -0.2) is 82.3 Å². The minimum atomic E-state index is -3.74. The second kappa shape index (κ2) is 14.9. The summed E-state index contributed by atoms with van der Waals surface area (Å²) in [5.74, 6) is -3.56. The fourth-order valence-corrected chi connectivity index (χ4v) is 7.79. The molecule has 0 saturated carbocycles. The summed E-state index contributed by atoms with van der Waals surface area (Å²) in [6.07, 6.45) is -1.95. The van der Waals surface area contributed by atoms with Crippen LogP contribution in [0.3, 0.4) is 0 Å². The number of rotatable bonds is 15. The zero-order valence-corrected chi connectivity index (χ0v) is 25.7. The average molecular weight is 627 g/mol. The summed E-state index contributed by atoms with van der Waals surface area (Å²) in [4.78, 5) is 24.5. The number of benzene rings is 3. The lowest BCUT2D eigenvalue weighted by atomic mass is 9.82. The molecule has 1 saturated heterocycles. The lowest BCUT2D eigenvalue weighted by molar-refractivity contribution is -0.131. The largest absolute Gasteiger partial charge is 0.478 e. The van der Waals surface area contributed by atoms with Gasteiger partial charge in [0.1, 0.15) is 0 Å². The van der Waals surface area contributed by atoms with Crippen LogP contribution in [0, 0.1) is 5.92 Å². The van der Waals surface area contributed by atoms with Gasteiger partial charge in [0.25, 0.3) is 0 Å². The topological polar surface area (TPSA) is 146 Å². The first kappa shape index (κ1) is 33.3. The number of hydrogen-bond donors (Lipinski definition) is 2. The molecular weight excluding hydrogens is 588 g/mol. The Hall–Kier alpha value is -3.61. The van der Waals surface area contributed by atoms with Crippen molar-refractivity contribution in [3.8, 4) is 0 Å². The third kappa shape index (κ3) is 7.72. The summed E-state index contributed by atoms with van der Waals surface area (Å²) in [6.45, 7) is 0. The second-order valence-corrected chi connectivity index (χ2v) is 12.8. The van der Waals surface area contributed by atoms with Crippen molar-refractivity contribution in [1.29, 1.82) is 0 Å². The molecule has 0 unspecified atom stereocenters. The van der Waals surface area contributed by atoms with Gasteiger partial charge in [0, 0.05) is 33.7 Å². The van der Waals surface area contributed by atoms with E-state index in [1.807, 2.05) is 0 Å². The molecule has 1 aliphatic rings. The molecule has 3 aromatic carbocycles. The van der Waals surface area contributed by atoms with Crippen molar-refractivity contribution in [2.24, 2.45) is 5.92 Å². The van der Waals surface area contributed by atoms with Crippen LogP contribution >= 0.6 is 0 Å². The minimum absolute atomic E-state index is 0.0934. The lowest BCUT2D eigenvalue weighted by Gasteiger charge is -2.27. The zero-order chi connectivity index (χ0) is 31.9. The zero-order valence-electron chi connectivity index (χ0n) is 24.9. The first-order valence-electron chi connectivity index (χ1n) is 14.2. The van der Waals surface area contributed by atoms with Gasteiger partial charge in [-0.15, -0.1) is 0 Å². The number of methoxy groups -OCH3 is 3. The van der Waals surface area contributed by atoms with Crippen molar-refractivity contribution in [3.63, 3.8) is 0 Å². The molecule has 0 amide bonds. The minimum Gasteiger partial charge on any atom is -0.478 e. The van der Waals surface area contributed by atoms with Gasteiger partial charge in [0.2, 0.25) is 0 Å². The predicted octanol–water partition coefficient (Wildman–Crippen LogP) is 4.68. The van der Waals surface area contributed by atoms with Crippen LogP contribution in [0.2, 0.25) is 0 Å². The van der Waals surface area contributed by atoms with Crippen LogP contribution in [0.5, 0.6) is 0 Å². The molecule has 0 radical (unpaired) electrons. The summed E-state index contributed by atoms with van der Waals surface area (Å²) >= 11 is 0. The van der Waals surface area contributed by atoms with Crippen LogP contribution in [0.1, 0.15) is 50.6 Å². The standard InChI is InChI=1S/C33H38O10S/c1-40-30(41-2)19-28-27(20-44(38,39)23-12-5-4-6-13-23)31(42-3)29(43-28)18-22(24-14-9-10-16-26(24)33(36)37)17-21-11-7-8-15-25(21)32(34)35/h4-16,22,27-31H,17-20H2,1-3H3,(H,34,35)(H,36,37)/t22-,27-,28-,29+,31+/m0/s1. The molecule has 0 spiro atoms. The smallest absolute Gasteiger partial charge is 0.335 e. The lowest BCUT2D eigenvalue weighted by Crippen LogP contribution is -2.37. The molecule has 11 heteroatoms. The van der Waals surface area contributed by atoms with E-state index in [0.717, 1.165) is 0 Å². The van der Waals surface area contributed by atoms with E-state index < -0.39 is 58.2 Å². The molecular formula is C33H38O10S. The fourth-order valence-electron chi connectivity index (χ4n) is 6.12. The Morgan fingerprint density at radius 2 is 1.39 bits per heavy atom. The van der Waals surface area contributed by atoms with Crippen LogP contribution < -0.4 is 0 Å². The van der Waals surface area contributed by atoms with Gasteiger partial charge < -0.3 is 29.2 Å². The van der Waals surface area contributed by atoms with Crippen LogP contribution in [0.25, 0.3) is 0 Å². The molecule has 0 aromatic heterocycles. The molecule has 10 nitrogen and oxygen atoms in total. The van der Waals surface area contributed by atoms with Gasteiger partial charge in [-0.2, -0.15) is 0 Å². The monoisotopic (exact) mass is 626 g/mol. The van der Waals surface area contributed by atoms with Gasteiger partial charge in [-0.25, -0.2) is 18.0 Å². The van der Waals surface area contributed by atoms with Gasteiger partial charge in [-0.05, 0) is 54.2 Å². The fraction of sp³-hybridized carbons (Fsp3) is 0.394. The van der Waals surface area contributed by atoms with E-state index in [2.05, 4.69) is 0 Å². The number of carboxylic acids is 2. The van der Waals surface area contributed by atoms with E-state index >= 15 is 0 Å². The van der Waals surface area contributed by atoms with Gasteiger partial charge in [-0.1, -0.05) is 54.6 Å². The summed E-state index contributed by atoms with van der Waals surface area (Å²) in [6, 6.07) is 21.4. The molecule has 5 atom stereocenters. The van der Waals surface area contributed by atoms with Crippen LogP contribution in [-0.2, 0) is 35.2 Å². The molecule has 0 aliphatic carbocycles. The van der Waals surface area contributed by atoms with Crippen molar-refractivity contribution in [3.05, 3.63) is 101 Å². The van der Waals surface area contributed by atoms with Crippen molar-refractivity contribution in [2.75, 3.05) is 27.1 Å². The Labute approximate surface area is 257 Å². The molecule has 1 aliphatic heterocycles. The maximum atomic E-state index is 13.5. The Bertz CT molecular complexity index is 1520. The molecule has 2 N–H and O–H groups in total. The van der Waals surface area contributed by atoms with Crippen molar-refractivity contribution >= 4 is 21.8 Å². The van der Waals surface area contributed by atoms with Crippen molar-refractivity contribution < 1.29 is 47.2 Å². The summed E-state index contributed by atoms with van der Waals surface area (Å²) in [5, 5.41) is 19.9. The highest BCUT2D eigenvalue weighted by Crippen LogP contribution is 2.40. The maximum absolute atomic E-state index is 13.5. The molecule has 1 fully saturated rings. The number of aromatic carboxylic acids is 2. The molecule has 3 aromatic rings. The van der Waals surface area contributed by atoms with Gasteiger partial charge >= 0.3 is 11.9 Å². The van der Waals surface area contributed by atoms with Gasteiger partial charge in [0.05, 0.1) is 40.1 Å². The molecule has 44 heavy (non-hydrogen) atoms. The third-order valence-electron chi connectivity index (χ3n) is 8.21. The number of hydrogen-bond acceptors (Lipinski definition) is 8. The Morgan fingerprint density at radius 1 is 0.795 bits per heavy atom. The third-order valence-corrected chi connectivity index (χ3v) is 10.0. The van der Waals surface area contributed by atoms with E-state index in [0.29, 0.717) is 11.1 Å². The van der Waals surface area contributed by atoms with E-state index in [9.17, 15) is 28.2 Å². The van der Waals surface area contributed by atoms with E-state index in [1.54, 1.807) is 66.7 Å². The predicted molar refractivity (Wildman–Crippen MR) is 162 cm³/mol. The number of carbonyl (C=O) groups is 2. The van der Waals surface area contributed by atoms with Gasteiger partial charge in [-0.3, -0.25) is 0 Å². The Morgan fingerprint density at radius 3 is 2.00 bits per heavy atom. The Balaban J connectivity index is 1.74. The SMILES string of the molecule is COC(C[C@@H]1O[C@H](C[C@H](Cc2ccccc2C(=O)O)c2ccccc2C(=O)O)[C@H](OC)[C@H]1CS(=O)(=O)c1ccccc1)OC. The normalized spacial score (nSPS) is 20.9. The van der Waals surface area contributed by atoms with E-state index in [4.69, 9.17) is 18.9 Å². The highest BCUT2D eigenvalue weighted by atomic mass is 32.2. The first-order valence-corrected chi connectivity index (χ1v) is 15.9. The first-order chi connectivity index (χ1) is 21.1. The highest BCUT2D eigenvalue weighted by Gasteiger charge is 2.48. The van der Waals surface area contributed by atoms with Gasteiger partial charge in [0.15, 0.2) is 16.1 Å². The highest BCUT2D eigenvalue weighted by molar-refractivity contribution is 7.91. The van der Waals surface area contributed by atoms with E-state index in [-0.39, 0.29) is 41.0 Å². The van der Waals surface area contributed by atoms with Crippen molar-refractivity contribution in [2.45, 2.75) is 54.7 Å². The molecule has 4 rings (SSSR count). The number of carboxylic acid groups (broad SMARTS) is 2. The number of sulfone groups is 1. The van der Waals surface area contributed by atoms with Crippen LogP contribution in [0.4, 0.5) is 0 Å². The summed E-state index contributed by atoms with van der Waals surface area (Å²) in [7, 11) is 0.734. The summed E-state index contributed by atoms with van der Waals surface area (Å²) in [5.41, 5.74) is 1.27. The second-order valence-electron chi connectivity index (χ2n) is 10.8. The average Bonchev–Trinajstić information content (AvgIpc) is 3.34. The maximum Gasteiger partial charge on any atom is 0.335 e. The molecule has 236 valence electrons.